The Morgan fingerprint density at radius 3 is 2.29 bits per heavy atom. The topological polar surface area (TPSA) is 67.9 Å². The first-order valence-electron chi connectivity index (χ1n) is 6.93. The molecule has 1 aliphatic heterocycles. The van der Waals surface area contributed by atoms with Crippen LogP contribution in [0.1, 0.15) is 24.4 Å². The molecule has 6 nitrogen and oxygen atoms in total. The monoisotopic (exact) mass is 292 g/mol. The summed E-state index contributed by atoms with van der Waals surface area (Å²) in [6.45, 7) is 1.46. The van der Waals surface area contributed by atoms with E-state index in [1.54, 1.807) is 36.3 Å². The number of carbonyl (C=O) groups is 2. The van der Waals surface area contributed by atoms with E-state index in [0.717, 1.165) is 25.9 Å². The second kappa shape index (κ2) is 6.97. The van der Waals surface area contributed by atoms with Gasteiger partial charge in [-0.25, -0.2) is 4.79 Å². The molecule has 21 heavy (non-hydrogen) atoms. The molecule has 1 saturated heterocycles. The van der Waals surface area contributed by atoms with Crippen LogP contribution in [0.4, 0.5) is 4.79 Å². The lowest BCUT2D eigenvalue weighted by Crippen LogP contribution is -2.41. The van der Waals surface area contributed by atoms with Crippen molar-refractivity contribution in [1.82, 2.24) is 10.2 Å². The van der Waals surface area contributed by atoms with E-state index in [-0.39, 0.29) is 5.91 Å². The number of hydrogen-bond acceptors (Lipinski definition) is 4. The molecule has 1 aromatic rings. The third-order valence-corrected chi connectivity index (χ3v) is 3.56. The van der Waals surface area contributed by atoms with Crippen LogP contribution in [0.2, 0.25) is 0 Å². The van der Waals surface area contributed by atoms with Crippen LogP contribution in [0.15, 0.2) is 24.3 Å². The van der Waals surface area contributed by atoms with Gasteiger partial charge in [0.2, 0.25) is 5.91 Å². The van der Waals surface area contributed by atoms with Gasteiger partial charge in [0.15, 0.2) is 0 Å². The second-order valence-corrected chi connectivity index (χ2v) is 4.87. The van der Waals surface area contributed by atoms with Crippen LogP contribution in [0.5, 0.6) is 5.75 Å². The Morgan fingerprint density at radius 1 is 1.14 bits per heavy atom. The van der Waals surface area contributed by atoms with Crippen molar-refractivity contribution in [3.05, 3.63) is 29.8 Å². The lowest BCUT2D eigenvalue weighted by molar-refractivity contribution is -0.132. The number of benzene rings is 1. The Hall–Kier alpha value is -2.24. The zero-order valence-electron chi connectivity index (χ0n) is 12.3. The van der Waals surface area contributed by atoms with Gasteiger partial charge < -0.3 is 19.7 Å². The van der Waals surface area contributed by atoms with Gasteiger partial charge >= 0.3 is 6.09 Å². The van der Waals surface area contributed by atoms with Crippen molar-refractivity contribution >= 4 is 12.0 Å². The molecular weight excluding hydrogens is 272 g/mol. The molecule has 0 aromatic heterocycles. The molecule has 2 amide bonds. The molecule has 0 spiro atoms. The second-order valence-electron chi connectivity index (χ2n) is 4.87. The largest absolute Gasteiger partial charge is 0.497 e. The molecule has 0 bridgehead atoms. The van der Waals surface area contributed by atoms with Gasteiger partial charge in [0.1, 0.15) is 11.8 Å². The van der Waals surface area contributed by atoms with Gasteiger partial charge in [-0.05, 0) is 30.5 Å². The van der Waals surface area contributed by atoms with E-state index < -0.39 is 12.1 Å². The number of rotatable bonds is 4. The first kappa shape index (κ1) is 15.2. The van der Waals surface area contributed by atoms with Gasteiger partial charge in [-0.15, -0.1) is 0 Å². The lowest BCUT2D eigenvalue weighted by Gasteiger charge is -2.24. The third-order valence-electron chi connectivity index (χ3n) is 3.56. The number of nitrogens with zero attached hydrogens (tertiary/aromatic N) is 1. The zero-order valence-corrected chi connectivity index (χ0v) is 12.3. The molecular formula is C15H20N2O4. The lowest BCUT2D eigenvalue weighted by atomic mass is 10.1. The molecule has 1 aromatic carbocycles. The molecule has 1 N–H and O–H groups in total. The molecule has 0 aliphatic carbocycles. The van der Waals surface area contributed by atoms with Crippen molar-refractivity contribution in [3.63, 3.8) is 0 Å². The van der Waals surface area contributed by atoms with Crippen LogP contribution in [0, 0.1) is 0 Å². The summed E-state index contributed by atoms with van der Waals surface area (Å²) in [5.41, 5.74) is 0.707. The van der Waals surface area contributed by atoms with Crippen molar-refractivity contribution in [3.8, 4) is 5.75 Å². The van der Waals surface area contributed by atoms with Crippen LogP contribution in [0.25, 0.3) is 0 Å². The summed E-state index contributed by atoms with van der Waals surface area (Å²) in [5.74, 6) is 0.590. The average molecular weight is 292 g/mol. The highest BCUT2D eigenvalue weighted by molar-refractivity contribution is 5.87. The molecule has 1 fully saturated rings. The fourth-order valence-corrected chi connectivity index (χ4v) is 2.38. The summed E-state index contributed by atoms with van der Waals surface area (Å²) in [5, 5.41) is 2.60. The first-order valence-corrected chi connectivity index (χ1v) is 6.93. The number of ether oxygens (including phenoxy) is 2. The van der Waals surface area contributed by atoms with Crippen LogP contribution in [0.3, 0.4) is 0 Å². The highest BCUT2D eigenvalue weighted by Crippen LogP contribution is 2.22. The summed E-state index contributed by atoms with van der Waals surface area (Å²) in [6, 6.07) is 6.33. The van der Waals surface area contributed by atoms with E-state index in [4.69, 9.17) is 4.74 Å². The predicted molar refractivity (Wildman–Crippen MR) is 77.1 cm³/mol. The van der Waals surface area contributed by atoms with E-state index in [2.05, 4.69) is 10.1 Å². The predicted octanol–water partition coefficient (Wildman–Crippen LogP) is 1.71. The maximum Gasteiger partial charge on any atom is 0.407 e. The van der Waals surface area contributed by atoms with Crippen molar-refractivity contribution in [2.75, 3.05) is 27.3 Å². The van der Waals surface area contributed by atoms with Gasteiger partial charge in [0.25, 0.3) is 0 Å². The summed E-state index contributed by atoms with van der Waals surface area (Å²) in [6.07, 6.45) is 1.38. The van der Waals surface area contributed by atoms with E-state index in [1.807, 2.05) is 0 Å². The van der Waals surface area contributed by atoms with Gasteiger partial charge in [-0.2, -0.15) is 0 Å². The molecule has 114 valence electrons. The van der Waals surface area contributed by atoms with Crippen LogP contribution in [-0.2, 0) is 9.53 Å². The average Bonchev–Trinajstić information content (AvgIpc) is 3.06. The van der Waals surface area contributed by atoms with E-state index in [0.29, 0.717) is 11.3 Å². The highest BCUT2D eigenvalue weighted by Gasteiger charge is 2.29. The molecule has 2 rings (SSSR count). The Bertz CT molecular complexity index is 495. The smallest absolute Gasteiger partial charge is 0.407 e. The van der Waals surface area contributed by atoms with E-state index >= 15 is 0 Å². The summed E-state index contributed by atoms with van der Waals surface area (Å²) in [4.78, 5) is 25.9. The Kier molecular flexibility index (Phi) is 5.03. The molecule has 6 heteroatoms. The van der Waals surface area contributed by atoms with Crippen LogP contribution >= 0.6 is 0 Å². The number of alkyl carbamates (subject to hydrolysis) is 1. The van der Waals surface area contributed by atoms with Gasteiger partial charge in [0, 0.05) is 13.1 Å². The van der Waals surface area contributed by atoms with Crippen molar-refractivity contribution in [2.45, 2.75) is 18.9 Å². The fraction of sp³-hybridized carbons (Fsp3) is 0.467. The minimum Gasteiger partial charge on any atom is -0.497 e. The molecule has 1 heterocycles. The van der Waals surface area contributed by atoms with Crippen LogP contribution < -0.4 is 10.1 Å². The number of likely N-dealkylation sites (tertiary alicyclic amines) is 1. The highest BCUT2D eigenvalue weighted by atomic mass is 16.5. The molecule has 1 atom stereocenters. The van der Waals surface area contributed by atoms with Crippen LogP contribution in [-0.4, -0.2) is 44.2 Å². The number of nitrogens with one attached hydrogen (secondary N) is 1. The fourth-order valence-electron chi connectivity index (χ4n) is 2.38. The van der Waals surface area contributed by atoms with Gasteiger partial charge in [-0.1, -0.05) is 12.1 Å². The number of carbonyl (C=O) groups excluding carboxylic acids is 2. The standard InChI is InChI=1S/C15H20N2O4/c1-20-12-7-5-11(6-8-12)13(16-15(19)21-2)14(18)17-9-3-4-10-17/h5-8,13H,3-4,9-10H2,1-2H3,(H,16,19). The van der Waals surface area contributed by atoms with Crippen molar-refractivity contribution in [1.29, 1.82) is 0 Å². The summed E-state index contributed by atoms with van der Waals surface area (Å²) in [7, 11) is 2.86. The Balaban J connectivity index is 2.21. The normalized spacial score (nSPS) is 15.4. The summed E-state index contributed by atoms with van der Waals surface area (Å²) >= 11 is 0. The van der Waals surface area contributed by atoms with Crippen molar-refractivity contribution in [2.24, 2.45) is 0 Å². The van der Waals surface area contributed by atoms with Gasteiger partial charge in [0.05, 0.1) is 14.2 Å². The number of hydrogen-bond donors (Lipinski definition) is 1. The Morgan fingerprint density at radius 2 is 1.76 bits per heavy atom. The van der Waals surface area contributed by atoms with E-state index in [9.17, 15) is 9.59 Å². The first-order chi connectivity index (χ1) is 10.2. The summed E-state index contributed by atoms with van der Waals surface area (Å²) < 4.78 is 9.72. The maximum atomic E-state index is 12.6. The molecule has 0 radical (unpaired) electrons. The van der Waals surface area contributed by atoms with Gasteiger partial charge in [-0.3, -0.25) is 4.79 Å². The number of methoxy groups -OCH3 is 2. The minimum absolute atomic E-state index is 0.108. The number of amides is 2. The molecule has 1 aliphatic rings. The third kappa shape index (κ3) is 3.65. The molecule has 0 saturated carbocycles. The quantitative estimate of drug-likeness (QED) is 0.917. The minimum atomic E-state index is -0.735. The maximum absolute atomic E-state index is 12.6. The zero-order chi connectivity index (χ0) is 15.2. The van der Waals surface area contributed by atoms with E-state index in [1.165, 1.54) is 7.11 Å². The van der Waals surface area contributed by atoms with Crippen molar-refractivity contribution < 1.29 is 19.1 Å². The molecule has 1 unspecified atom stereocenters. The SMILES string of the molecule is COC(=O)NC(C(=O)N1CCCC1)c1ccc(OC)cc1. The Labute approximate surface area is 124 Å².